The van der Waals surface area contributed by atoms with E-state index >= 15 is 0 Å². The van der Waals surface area contributed by atoms with E-state index in [0.29, 0.717) is 5.75 Å². The normalized spacial score (nSPS) is 9.69. The SMILES string of the molecule is CC=Cc1ccc(O)c(OC)c1.[H-].[K+]. The third-order valence-corrected chi connectivity index (χ3v) is 1.56. The summed E-state index contributed by atoms with van der Waals surface area (Å²) < 4.78 is 4.95. The van der Waals surface area contributed by atoms with Crippen LogP contribution in [0.2, 0.25) is 0 Å². The number of rotatable bonds is 2. The van der Waals surface area contributed by atoms with E-state index in [1.165, 1.54) is 7.11 Å². The Balaban J connectivity index is 0. The molecule has 66 valence electrons. The van der Waals surface area contributed by atoms with Crippen molar-refractivity contribution in [2.24, 2.45) is 0 Å². The molecule has 1 aromatic carbocycles. The maximum absolute atomic E-state index is 9.25. The van der Waals surface area contributed by atoms with E-state index in [9.17, 15) is 5.11 Å². The van der Waals surface area contributed by atoms with Gasteiger partial charge in [-0.15, -0.1) is 0 Å². The number of phenolic OH excluding ortho intramolecular Hbond substituents is 1. The molecule has 0 heterocycles. The Bertz CT molecular complexity index is 300. The van der Waals surface area contributed by atoms with Crippen molar-refractivity contribution < 1.29 is 62.7 Å². The van der Waals surface area contributed by atoms with Crippen molar-refractivity contribution in [1.82, 2.24) is 0 Å². The quantitative estimate of drug-likeness (QED) is 0.661. The Labute approximate surface area is 123 Å². The topological polar surface area (TPSA) is 29.5 Å². The van der Waals surface area contributed by atoms with E-state index in [2.05, 4.69) is 0 Å². The molecule has 0 saturated carbocycles. The molecule has 13 heavy (non-hydrogen) atoms. The predicted molar refractivity (Wildman–Crippen MR) is 50.5 cm³/mol. The third kappa shape index (κ3) is 3.83. The largest absolute Gasteiger partial charge is 1.00 e. The van der Waals surface area contributed by atoms with Crippen molar-refractivity contribution in [3.63, 3.8) is 0 Å². The number of hydrogen-bond acceptors (Lipinski definition) is 2. The zero-order valence-electron chi connectivity index (χ0n) is 9.24. The summed E-state index contributed by atoms with van der Waals surface area (Å²) in [6.07, 6.45) is 3.88. The van der Waals surface area contributed by atoms with Crippen molar-refractivity contribution in [3.05, 3.63) is 29.8 Å². The Hall–Kier alpha value is 0.196. The molecular weight excluding hydrogens is 191 g/mol. The van der Waals surface area contributed by atoms with Crippen LogP contribution >= 0.6 is 0 Å². The molecule has 3 heteroatoms. The van der Waals surface area contributed by atoms with Crippen LogP contribution in [0.5, 0.6) is 11.5 Å². The van der Waals surface area contributed by atoms with Gasteiger partial charge in [0, 0.05) is 0 Å². The third-order valence-electron chi connectivity index (χ3n) is 1.56. The van der Waals surface area contributed by atoms with Crippen molar-refractivity contribution in [1.29, 1.82) is 0 Å². The number of benzene rings is 1. The second-order valence-electron chi connectivity index (χ2n) is 2.43. The molecule has 0 aliphatic carbocycles. The molecule has 0 saturated heterocycles. The molecule has 0 unspecified atom stereocenters. The molecule has 0 radical (unpaired) electrons. The predicted octanol–water partition coefficient (Wildman–Crippen LogP) is -0.450. The fourth-order valence-electron chi connectivity index (χ4n) is 0.990. The summed E-state index contributed by atoms with van der Waals surface area (Å²) in [4.78, 5) is 0. The van der Waals surface area contributed by atoms with E-state index in [-0.39, 0.29) is 58.6 Å². The van der Waals surface area contributed by atoms with Crippen LogP contribution in [-0.2, 0) is 0 Å². The maximum Gasteiger partial charge on any atom is 1.00 e. The first kappa shape index (κ1) is 13.2. The summed E-state index contributed by atoms with van der Waals surface area (Å²) in [5.41, 5.74) is 1.02. The van der Waals surface area contributed by atoms with Crippen LogP contribution in [0.25, 0.3) is 6.08 Å². The van der Waals surface area contributed by atoms with Gasteiger partial charge in [0.05, 0.1) is 7.11 Å². The Morgan fingerprint density at radius 2 is 2.15 bits per heavy atom. The van der Waals surface area contributed by atoms with Crippen LogP contribution in [0.1, 0.15) is 13.9 Å². The summed E-state index contributed by atoms with van der Waals surface area (Å²) in [5, 5.41) is 9.25. The van der Waals surface area contributed by atoms with Gasteiger partial charge in [0.15, 0.2) is 11.5 Å². The number of allylic oxidation sites excluding steroid dienone is 1. The van der Waals surface area contributed by atoms with Gasteiger partial charge in [-0.25, -0.2) is 0 Å². The van der Waals surface area contributed by atoms with Crippen molar-refractivity contribution >= 4 is 6.08 Å². The molecule has 0 aliphatic heterocycles. The van der Waals surface area contributed by atoms with E-state index in [1.54, 1.807) is 12.1 Å². The fraction of sp³-hybridized carbons (Fsp3) is 0.200. The van der Waals surface area contributed by atoms with Gasteiger partial charge in [-0.1, -0.05) is 18.2 Å². The second-order valence-corrected chi connectivity index (χ2v) is 2.43. The van der Waals surface area contributed by atoms with Crippen molar-refractivity contribution in [3.8, 4) is 11.5 Å². The first-order chi connectivity index (χ1) is 5.77. The van der Waals surface area contributed by atoms with Crippen molar-refractivity contribution in [2.75, 3.05) is 7.11 Å². The summed E-state index contributed by atoms with van der Waals surface area (Å²) >= 11 is 0. The monoisotopic (exact) mass is 204 g/mol. The van der Waals surface area contributed by atoms with E-state index < -0.39 is 0 Å². The van der Waals surface area contributed by atoms with Crippen LogP contribution in [0, 0.1) is 0 Å². The zero-order chi connectivity index (χ0) is 8.97. The van der Waals surface area contributed by atoms with Gasteiger partial charge in [-0.05, 0) is 24.6 Å². The van der Waals surface area contributed by atoms with E-state index in [4.69, 9.17) is 4.74 Å². The summed E-state index contributed by atoms with van der Waals surface area (Å²) in [7, 11) is 1.54. The molecule has 0 spiro atoms. The van der Waals surface area contributed by atoms with Gasteiger partial charge in [0.1, 0.15) is 0 Å². The molecular formula is C10H13KO2. The fourth-order valence-corrected chi connectivity index (χ4v) is 0.990. The molecule has 0 bridgehead atoms. The molecule has 0 amide bonds. The molecule has 1 N–H and O–H groups in total. The molecule has 0 aliphatic rings. The molecule has 1 rings (SSSR count). The van der Waals surface area contributed by atoms with Crippen LogP contribution in [0.4, 0.5) is 0 Å². The van der Waals surface area contributed by atoms with E-state index in [1.807, 2.05) is 25.1 Å². The number of aromatic hydroxyl groups is 1. The molecule has 0 aromatic heterocycles. The first-order valence-corrected chi connectivity index (χ1v) is 3.77. The standard InChI is InChI=1S/C10H12O2.K.H/c1-3-4-8-5-6-9(11)10(7-8)12-2;;/h3-7,11H,1-2H3;;/q;+1;-1. The zero-order valence-corrected chi connectivity index (χ0v) is 11.4. The minimum Gasteiger partial charge on any atom is -1.00 e. The van der Waals surface area contributed by atoms with Crippen LogP contribution in [0.3, 0.4) is 0 Å². The van der Waals surface area contributed by atoms with Gasteiger partial charge in [0.2, 0.25) is 0 Å². The molecule has 2 nitrogen and oxygen atoms in total. The Kier molecular flexibility index (Phi) is 6.72. The molecule has 0 fully saturated rings. The van der Waals surface area contributed by atoms with E-state index in [0.717, 1.165) is 5.56 Å². The van der Waals surface area contributed by atoms with Crippen LogP contribution in [-0.4, -0.2) is 12.2 Å². The minimum atomic E-state index is 0. The number of methoxy groups -OCH3 is 1. The molecule has 0 atom stereocenters. The van der Waals surface area contributed by atoms with Crippen molar-refractivity contribution in [2.45, 2.75) is 6.92 Å². The summed E-state index contributed by atoms with van der Waals surface area (Å²) in [6.45, 7) is 1.94. The molecule has 1 aromatic rings. The smallest absolute Gasteiger partial charge is 1.00 e. The minimum absolute atomic E-state index is 0. The van der Waals surface area contributed by atoms with Gasteiger partial charge >= 0.3 is 51.4 Å². The average molecular weight is 204 g/mol. The first-order valence-electron chi connectivity index (χ1n) is 3.77. The van der Waals surface area contributed by atoms with Crippen LogP contribution < -0.4 is 56.1 Å². The Morgan fingerprint density at radius 1 is 1.46 bits per heavy atom. The van der Waals surface area contributed by atoms with Gasteiger partial charge < -0.3 is 11.3 Å². The average Bonchev–Trinajstić information content (AvgIpc) is 2.09. The van der Waals surface area contributed by atoms with Gasteiger partial charge in [-0.3, -0.25) is 0 Å². The van der Waals surface area contributed by atoms with Gasteiger partial charge in [0.25, 0.3) is 0 Å². The van der Waals surface area contributed by atoms with Crippen LogP contribution in [0.15, 0.2) is 24.3 Å². The number of hydrogen-bond donors (Lipinski definition) is 1. The summed E-state index contributed by atoms with van der Waals surface area (Å²) in [6, 6.07) is 5.24. The number of ether oxygens (including phenoxy) is 1. The maximum atomic E-state index is 9.25. The Morgan fingerprint density at radius 3 is 2.69 bits per heavy atom. The number of phenols is 1. The summed E-state index contributed by atoms with van der Waals surface area (Å²) in [5.74, 6) is 0.677. The van der Waals surface area contributed by atoms with Gasteiger partial charge in [-0.2, -0.15) is 0 Å². The second kappa shape index (κ2) is 6.62.